The summed E-state index contributed by atoms with van der Waals surface area (Å²) in [5, 5.41) is 0. The molecular weight excluding hydrogens is 198 g/mol. The molecule has 0 unspecified atom stereocenters. The predicted molar refractivity (Wildman–Crippen MR) is 69.4 cm³/mol. The van der Waals surface area contributed by atoms with Gasteiger partial charge in [-0.2, -0.15) is 0 Å². The van der Waals surface area contributed by atoms with Crippen molar-refractivity contribution < 1.29 is 0 Å². The zero-order valence-corrected chi connectivity index (χ0v) is 11.6. The number of rotatable bonds is 2. The molecule has 3 nitrogen and oxygen atoms in total. The molecule has 1 aromatic heterocycles. The highest BCUT2D eigenvalue weighted by molar-refractivity contribution is 5.20. The highest BCUT2D eigenvalue weighted by Gasteiger charge is 2.19. The van der Waals surface area contributed by atoms with Gasteiger partial charge < -0.3 is 5.73 Å². The summed E-state index contributed by atoms with van der Waals surface area (Å²) in [4.78, 5) is 8.76. The van der Waals surface area contributed by atoms with Gasteiger partial charge in [-0.1, -0.05) is 27.7 Å². The molecule has 0 saturated heterocycles. The minimum absolute atomic E-state index is 0.416. The van der Waals surface area contributed by atoms with Gasteiger partial charge in [-0.15, -0.1) is 0 Å². The van der Waals surface area contributed by atoms with E-state index in [0.29, 0.717) is 11.7 Å². The minimum Gasteiger partial charge on any atom is -0.319 e. The van der Waals surface area contributed by atoms with E-state index in [1.54, 1.807) is 0 Å². The van der Waals surface area contributed by atoms with Crippen molar-refractivity contribution in [2.24, 2.45) is 5.73 Å². The molecule has 0 bridgehead atoms. The van der Waals surface area contributed by atoms with Gasteiger partial charge in [-0.05, 0) is 32.3 Å². The summed E-state index contributed by atoms with van der Waals surface area (Å²) in [6.07, 6.45) is 1.85. The lowest BCUT2D eigenvalue weighted by molar-refractivity contribution is 0.507. The second-order valence-electron chi connectivity index (χ2n) is 4.64. The number of hydrogen-bond acceptors (Lipinski definition) is 3. The van der Waals surface area contributed by atoms with Crippen LogP contribution in [0.15, 0.2) is 6.20 Å². The molecule has 0 aliphatic carbocycles. The molecule has 0 fully saturated rings. The molecule has 3 heteroatoms. The van der Waals surface area contributed by atoms with Gasteiger partial charge in [-0.25, -0.2) is 9.97 Å². The van der Waals surface area contributed by atoms with Crippen LogP contribution in [0, 0.1) is 6.92 Å². The lowest BCUT2D eigenvalue weighted by Crippen LogP contribution is -2.31. The lowest BCUT2D eigenvalue weighted by atomic mass is 10.0. The maximum absolute atomic E-state index is 5.95. The summed E-state index contributed by atoms with van der Waals surface area (Å²) in [7, 11) is 0. The molecule has 0 atom stereocenters. The van der Waals surface area contributed by atoms with E-state index in [2.05, 4.69) is 23.8 Å². The van der Waals surface area contributed by atoms with Crippen LogP contribution in [0.1, 0.15) is 64.5 Å². The van der Waals surface area contributed by atoms with Crippen LogP contribution >= 0.6 is 0 Å². The Balaban J connectivity index is 0.00000106. The maximum Gasteiger partial charge on any atom is 0.147 e. The first-order valence-electron chi connectivity index (χ1n) is 5.95. The first-order valence-corrected chi connectivity index (χ1v) is 5.95. The monoisotopic (exact) mass is 223 g/mol. The molecule has 2 N–H and O–H groups in total. The van der Waals surface area contributed by atoms with Gasteiger partial charge in [0.1, 0.15) is 5.82 Å². The fraction of sp³-hybridized carbons (Fsp3) is 0.692. The fourth-order valence-corrected chi connectivity index (χ4v) is 1.35. The molecular formula is C13H25N3. The Hall–Kier alpha value is -0.960. The normalized spacial score (nSPS) is 11.1. The second kappa shape index (κ2) is 5.94. The molecule has 0 aromatic carbocycles. The van der Waals surface area contributed by atoms with Gasteiger partial charge in [0.15, 0.2) is 0 Å². The van der Waals surface area contributed by atoms with Crippen LogP contribution in [-0.4, -0.2) is 9.97 Å². The van der Waals surface area contributed by atoms with Crippen molar-refractivity contribution in [3.8, 4) is 0 Å². The molecule has 0 amide bonds. The zero-order chi connectivity index (χ0) is 12.9. The van der Waals surface area contributed by atoms with Crippen molar-refractivity contribution in [3.05, 3.63) is 23.3 Å². The van der Waals surface area contributed by atoms with Gasteiger partial charge >= 0.3 is 0 Å². The minimum atomic E-state index is -0.461. The molecule has 0 aliphatic rings. The van der Waals surface area contributed by atoms with Gasteiger partial charge in [-0.3, -0.25) is 0 Å². The Morgan fingerprint density at radius 1 is 1.25 bits per heavy atom. The van der Waals surface area contributed by atoms with Crippen molar-refractivity contribution in [3.63, 3.8) is 0 Å². The van der Waals surface area contributed by atoms with Crippen molar-refractivity contribution in [2.45, 2.75) is 59.9 Å². The molecule has 0 radical (unpaired) electrons. The predicted octanol–water partition coefficient (Wildman–Crippen LogP) is 3.13. The molecule has 1 heterocycles. The van der Waals surface area contributed by atoms with Crippen LogP contribution in [0.25, 0.3) is 0 Å². The van der Waals surface area contributed by atoms with E-state index in [-0.39, 0.29) is 0 Å². The van der Waals surface area contributed by atoms with E-state index in [4.69, 9.17) is 5.73 Å². The standard InChI is InChI=1S/C11H19N3.C2H6/c1-7(2)9-8(3)6-13-10(14-9)11(4,5)12;1-2/h6-7H,12H2,1-5H3;1-2H3. The smallest absolute Gasteiger partial charge is 0.147 e. The highest BCUT2D eigenvalue weighted by atomic mass is 15.0. The van der Waals surface area contributed by atoms with E-state index >= 15 is 0 Å². The van der Waals surface area contributed by atoms with Crippen molar-refractivity contribution in [1.29, 1.82) is 0 Å². The van der Waals surface area contributed by atoms with Gasteiger partial charge in [0, 0.05) is 11.9 Å². The largest absolute Gasteiger partial charge is 0.319 e. The maximum atomic E-state index is 5.95. The van der Waals surface area contributed by atoms with Crippen LogP contribution in [0.5, 0.6) is 0 Å². The van der Waals surface area contributed by atoms with Crippen LogP contribution < -0.4 is 5.73 Å². The average molecular weight is 223 g/mol. The number of nitrogens with zero attached hydrogens (tertiary/aromatic N) is 2. The molecule has 0 aliphatic heterocycles. The SMILES string of the molecule is CC.Cc1cnc(C(C)(C)N)nc1C(C)C. The Kier molecular flexibility index (Phi) is 5.59. The van der Waals surface area contributed by atoms with Crippen LogP contribution in [-0.2, 0) is 5.54 Å². The summed E-state index contributed by atoms with van der Waals surface area (Å²) < 4.78 is 0. The van der Waals surface area contributed by atoms with E-state index in [0.717, 1.165) is 11.3 Å². The van der Waals surface area contributed by atoms with E-state index in [9.17, 15) is 0 Å². The number of hydrogen-bond donors (Lipinski definition) is 1. The summed E-state index contributed by atoms with van der Waals surface area (Å²) >= 11 is 0. The number of aryl methyl sites for hydroxylation is 1. The Morgan fingerprint density at radius 2 is 1.75 bits per heavy atom. The zero-order valence-electron chi connectivity index (χ0n) is 11.6. The average Bonchev–Trinajstić information content (AvgIpc) is 2.19. The van der Waals surface area contributed by atoms with Gasteiger partial charge in [0.2, 0.25) is 0 Å². The highest BCUT2D eigenvalue weighted by Crippen LogP contribution is 2.19. The third kappa shape index (κ3) is 3.89. The summed E-state index contributed by atoms with van der Waals surface area (Å²) in [6, 6.07) is 0. The topological polar surface area (TPSA) is 51.8 Å². The fourth-order valence-electron chi connectivity index (χ4n) is 1.35. The lowest BCUT2D eigenvalue weighted by Gasteiger charge is -2.19. The number of nitrogens with two attached hydrogens (primary N) is 1. The van der Waals surface area contributed by atoms with E-state index < -0.39 is 5.54 Å². The Labute approximate surface area is 99.5 Å². The van der Waals surface area contributed by atoms with Gasteiger partial charge in [0.25, 0.3) is 0 Å². The first kappa shape index (κ1) is 15.0. The van der Waals surface area contributed by atoms with Crippen molar-refractivity contribution in [1.82, 2.24) is 9.97 Å². The van der Waals surface area contributed by atoms with E-state index in [1.165, 1.54) is 0 Å². The third-order valence-corrected chi connectivity index (χ3v) is 2.13. The van der Waals surface area contributed by atoms with Crippen molar-refractivity contribution in [2.75, 3.05) is 0 Å². The molecule has 0 saturated carbocycles. The second-order valence-corrected chi connectivity index (χ2v) is 4.64. The summed E-state index contributed by atoms with van der Waals surface area (Å²) in [6.45, 7) is 14.1. The quantitative estimate of drug-likeness (QED) is 0.838. The third-order valence-electron chi connectivity index (χ3n) is 2.13. The van der Waals surface area contributed by atoms with Gasteiger partial charge in [0.05, 0.1) is 5.54 Å². The Bertz CT molecular complexity index is 324. The molecule has 1 rings (SSSR count). The van der Waals surface area contributed by atoms with Crippen LogP contribution in [0.2, 0.25) is 0 Å². The first-order chi connectivity index (χ1) is 7.32. The molecule has 16 heavy (non-hydrogen) atoms. The molecule has 0 spiro atoms. The van der Waals surface area contributed by atoms with Crippen LogP contribution in [0.4, 0.5) is 0 Å². The molecule has 92 valence electrons. The number of aromatic nitrogens is 2. The van der Waals surface area contributed by atoms with Crippen LogP contribution in [0.3, 0.4) is 0 Å². The summed E-state index contributed by atoms with van der Waals surface area (Å²) in [5.74, 6) is 1.13. The van der Waals surface area contributed by atoms with Crippen molar-refractivity contribution >= 4 is 0 Å². The Morgan fingerprint density at radius 3 is 2.12 bits per heavy atom. The summed E-state index contributed by atoms with van der Waals surface area (Å²) in [5.41, 5.74) is 7.71. The van der Waals surface area contributed by atoms with E-state index in [1.807, 2.05) is 40.8 Å². The molecule has 1 aromatic rings.